The first-order valence-corrected chi connectivity index (χ1v) is 8.13. The number of hydrogen-bond acceptors (Lipinski definition) is 3. The van der Waals surface area contributed by atoms with Crippen LogP contribution in [0.5, 0.6) is 0 Å². The van der Waals surface area contributed by atoms with Crippen LogP contribution in [0.15, 0.2) is 6.07 Å². The highest BCUT2D eigenvalue weighted by Gasteiger charge is 2.31. The van der Waals surface area contributed by atoms with Crippen molar-refractivity contribution in [1.82, 2.24) is 10.2 Å². The molecule has 112 valence electrons. The molecular weight excluding hydrogens is 292 g/mol. The standard InChI is InChI=1S/C15H22N2OS.ClH/c1-3-13-10(2)8-14(19-13)15(18)17-7-6-11-4-5-12(9-17)16-11;/h8,11-12,16H,3-7,9H2,1-2H3;1H. The molecule has 2 saturated heterocycles. The van der Waals surface area contributed by atoms with E-state index in [4.69, 9.17) is 0 Å². The number of likely N-dealkylation sites (tertiary alicyclic amines) is 1. The lowest BCUT2D eigenvalue weighted by molar-refractivity contribution is 0.0753. The van der Waals surface area contributed by atoms with E-state index < -0.39 is 0 Å². The van der Waals surface area contributed by atoms with E-state index in [0.717, 1.165) is 30.8 Å². The summed E-state index contributed by atoms with van der Waals surface area (Å²) in [6, 6.07) is 3.23. The summed E-state index contributed by atoms with van der Waals surface area (Å²) in [5, 5.41) is 3.63. The van der Waals surface area contributed by atoms with E-state index in [-0.39, 0.29) is 18.3 Å². The minimum absolute atomic E-state index is 0. The van der Waals surface area contributed by atoms with Crippen LogP contribution >= 0.6 is 23.7 Å². The highest BCUT2D eigenvalue weighted by Crippen LogP contribution is 2.26. The monoisotopic (exact) mass is 314 g/mol. The van der Waals surface area contributed by atoms with E-state index in [1.165, 1.54) is 23.3 Å². The van der Waals surface area contributed by atoms with E-state index in [9.17, 15) is 4.79 Å². The molecule has 3 nitrogen and oxygen atoms in total. The molecule has 2 unspecified atom stereocenters. The third-order valence-electron chi connectivity index (χ3n) is 4.36. The van der Waals surface area contributed by atoms with Gasteiger partial charge in [-0.25, -0.2) is 0 Å². The van der Waals surface area contributed by atoms with Crippen molar-refractivity contribution in [1.29, 1.82) is 0 Å². The van der Waals surface area contributed by atoms with Crippen molar-refractivity contribution in [3.63, 3.8) is 0 Å². The normalized spacial score (nSPS) is 25.2. The number of aryl methyl sites for hydroxylation is 2. The zero-order chi connectivity index (χ0) is 13.4. The van der Waals surface area contributed by atoms with E-state index >= 15 is 0 Å². The van der Waals surface area contributed by atoms with Gasteiger partial charge in [-0.2, -0.15) is 0 Å². The van der Waals surface area contributed by atoms with Crippen LogP contribution in [-0.2, 0) is 6.42 Å². The molecule has 20 heavy (non-hydrogen) atoms. The molecule has 1 aromatic heterocycles. The highest BCUT2D eigenvalue weighted by atomic mass is 35.5. The minimum atomic E-state index is 0. The van der Waals surface area contributed by atoms with Gasteiger partial charge >= 0.3 is 0 Å². The van der Waals surface area contributed by atoms with Crippen molar-refractivity contribution in [2.45, 2.75) is 51.6 Å². The smallest absolute Gasteiger partial charge is 0.263 e. The van der Waals surface area contributed by atoms with Crippen molar-refractivity contribution >= 4 is 29.7 Å². The van der Waals surface area contributed by atoms with Gasteiger partial charge < -0.3 is 10.2 Å². The number of hydrogen-bond donors (Lipinski definition) is 1. The summed E-state index contributed by atoms with van der Waals surface area (Å²) in [5.41, 5.74) is 1.27. The fraction of sp³-hybridized carbons (Fsp3) is 0.667. The Kier molecular flexibility index (Phi) is 5.10. The fourth-order valence-corrected chi connectivity index (χ4v) is 4.34. The summed E-state index contributed by atoms with van der Waals surface area (Å²) >= 11 is 1.68. The number of carbonyl (C=O) groups is 1. The van der Waals surface area contributed by atoms with E-state index in [1.54, 1.807) is 11.3 Å². The quantitative estimate of drug-likeness (QED) is 0.910. The van der Waals surface area contributed by atoms with Gasteiger partial charge in [0.05, 0.1) is 4.88 Å². The summed E-state index contributed by atoms with van der Waals surface area (Å²) in [6.45, 7) is 6.05. The largest absolute Gasteiger partial charge is 0.336 e. The van der Waals surface area contributed by atoms with E-state index in [0.29, 0.717) is 12.1 Å². The first kappa shape index (κ1) is 15.8. The van der Waals surface area contributed by atoms with Crippen molar-refractivity contribution in [2.75, 3.05) is 13.1 Å². The van der Waals surface area contributed by atoms with Crippen LogP contribution in [-0.4, -0.2) is 36.0 Å². The van der Waals surface area contributed by atoms with Crippen LogP contribution in [0.3, 0.4) is 0 Å². The maximum absolute atomic E-state index is 12.6. The Morgan fingerprint density at radius 3 is 2.85 bits per heavy atom. The predicted molar refractivity (Wildman–Crippen MR) is 86.1 cm³/mol. The third kappa shape index (κ3) is 3.02. The molecule has 0 aromatic carbocycles. The Bertz CT molecular complexity index is 488. The molecule has 0 radical (unpaired) electrons. The molecule has 3 rings (SSSR count). The Morgan fingerprint density at radius 2 is 2.15 bits per heavy atom. The first-order valence-electron chi connectivity index (χ1n) is 7.32. The summed E-state index contributed by atoms with van der Waals surface area (Å²) in [4.78, 5) is 16.9. The molecule has 1 amide bonds. The SMILES string of the molecule is CCc1sc(C(=O)N2CCC3CCC(C2)N3)cc1C.Cl. The van der Waals surface area contributed by atoms with Crippen LogP contribution in [0.4, 0.5) is 0 Å². The molecule has 0 spiro atoms. The van der Waals surface area contributed by atoms with Gasteiger partial charge in [0.15, 0.2) is 0 Å². The van der Waals surface area contributed by atoms with Crippen LogP contribution in [0.2, 0.25) is 0 Å². The predicted octanol–water partition coefficient (Wildman–Crippen LogP) is 3.01. The van der Waals surface area contributed by atoms with Gasteiger partial charge in [-0.05, 0) is 44.2 Å². The number of nitrogens with zero attached hydrogens (tertiary/aromatic N) is 1. The lowest BCUT2D eigenvalue weighted by atomic mass is 10.1. The first-order chi connectivity index (χ1) is 9.17. The number of nitrogens with one attached hydrogen (secondary N) is 1. The van der Waals surface area contributed by atoms with E-state index in [2.05, 4.69) is 30.1 Å². The van der Waals surface area contributed by atoms with Crippen LogP contribution in [0.1, 0.15) is 46.3 Å². The van der Waals surface area contributed by atoms with Crippen LogP contribution in [0, 0.1) is 6.92 Å². The van der Waals surface area contributed by atoms with E-state index in [1.807, 2.05) is 0 Å². The highest BCUT2D eigenvalue weighted by molar-refractivity contribution is 7.14. The van der Waals surface area contributed by atoms with Gasteiger partial charge in [-0.15, -0.1) is 23.7 Å². The molecule has 1 N–H and O–H groups in total. The van der Waals surface area contributed by atoms with Crippen molar-refractivity contribution in [3.8, 4) is 0 Å². The molecule has 2 atom stereocenters. The number of carbonyl (C=O) groups excluding carboxylic acids is 1. The molecular formula is C15H23ClN2OS. The number of thiophene rings is 1. The Balaban J connectivity index is 0.00000147. The molecule has 2 bridgehead atoms. The van der Waals surface area contributed by atoms with Gasteiger partial charge in [-0.1, -0.05) is 6.92 Å². The lowest BCUT2D eigenvalue weighted by Crippen LogP contribution is -2.38. The molecule has 3 heterocycles. The number of fused-ring (bicyclic) bond motifs is 2. The summed E-state index contributed by atoms with van der Waals surface area (Å²) in [5.74, 6) is 0.238. The molecule has 0 aliphatic carbocycles. The summed E-state index contributed by atoms with van der Waals surface area (Å²) in [7, 11) is 0. The molecule has 5 heteroatoms. The summed E-state index contributed by atoms with van der Waals surface area (Å²) in [6.07, 6.45) is 4.63. The Morgan fingerprint density at radius 1 is 1.40 bits per heavy atom. The van der Waals surface area contributed by atoms with Crippen molar-refractivity contribution in [3.05, 3.63) is 21.4 Å². The molecule has 1 aromatic rings. The fourth-order valence-electron chi connectivity index (χ4n) is 3.26. The molecule has 2 aliphatic rings. The Hall–Kier alpha value is -0.580. The van der Waals surface area contributed by atoms with Gasteiger partial charge in [0.1, 0.15) is 0 Å². The van der Waals surface area contributed by atoms with Crippen LogP contribution < -0.4 is 5.32 Å². The number of amides is 1. The van der Waals surface area contributed by atoms with Gasteiger partial charge in [0, 0.05) is 30.1 Å². The van der Waals surface area contributed by atoms with Gasteiger partial charge in [0.25, 0.3) is 5.91 Å². The average molecular weight is 315 g/mol. The van der Waals surface area contributed by atoms with Crippen LogP contribution in [0.25, 0.3) is 0 Å². The molecule has 0 saturated carbocycles. The zero-order valence-electron chi connectivity index (χ0n) is 12.1. The maximum Gasteiger partial charge on any atom is 0.263 e. The van der Waals surface area contributed by atoms with Gasteiger partial charge in [0.2, 0.25) is 0 Å². The lowest BCUT2D eigenvalue weighted by Gasteiger charge is -2.23. The maximum atomic E-state index is 12.6. The number of rotatable bonds is 2. The molecule has 2 aliphatic heterocycles. The summed E-state index contributed by atoms with van der Waals surface area (Å²) < 4.78 is 0. The second-order valence-electron chi connectivity index (χ2n) is 5.75. The average Bonchev–Trinajstić information content (AvgIpc) is 2.91. The Labute approximate surface area is 131 Å². The van der Waals surface area contributed by atoms with Crippen molar-refractivity contribution < 1.29 is 4.79 Å². The second kappa shape index (κ2) is 6.46. The minimum Gasteiger partial charge on any atom is -0.336 e. The second-order valence-corrected chi connectivity index (χ2v) is 6.88. The third-order valence-corrected chi connectivity index (χ3v) is 5.73. The number of halogens is 1. The topological polar surface area (TPSA) is 32.3 Å². The zero-order valence-corrected chi connectivity index (χ0v) is 13.8. The van der Waals surface area contributed by atoms with Gasteiger partial charge in [-0.3, -0.25) is 4.79 Å². The van der Waals surface area contributed by atoms with Crippen molar-refractivity contribution in [2.24, 2.45) is 0 Å². The molecule has 2 fully saturated rings.